The molecule has 2 aromatic carbocycles. The number of Topliss-reactive ketones (excluding diaryl/α,β-unsaturated/α-hetero) is 1. The van der Waals surface area contributed by atoms with Crippen LogP contribution in [0.3, 0.4) is 0 Å². The molecule has 156 valence electrons. The average Bonchev–Trinajstić information content (AvgIpc) is 3.33. The molecule has 30 heavy (non-hydrogen) atoms. The number of ketones is 1. The Kier molecular flexibility index (Phi) is 5.95. The zero-order chi connectivity index (χ0) is 21.3. The fourth-order valence-electron chi connectivity index (χ4n) is 2.74. The Bertz CT molecular complexity index is 1170. The minimum Gasteiger partial charge on any atom is -0.489 e. The van der Waals surface area contributed by atoms with Gasteiger partial charge in [0.05, 0.1) is 10.2 Å². The molecule has 11 heteroatoms. The lowest BCUT2D eigenvalue weighted by Gasteiger charge is -2.09. The Morgan fingerprint density at radius 3 is 2.60 bits per heavy atom. The van der Waals surface area contributed by atoms with Gasteiger partial charge in [0, 0.05) is 5.75 Å². The second kappa shape index (κ2) is 8.49. The summed E-state index contributed by atoms with van der Waals surface area (Å²) in [7, 11) is -4.57. The molecule has 4 rings (SSSR count). The average molecular weight is 464 g/mol. The van der Waals surface area contributed by atoms with Crippen molar-refractivity contribution >= 4 is 52.0 Å². The highest BCUT2D eigenvalue weighted by Crippen LogP contribution is 2.37. The van der Waals surface area contributed by atoms with Crippen LogP contribution in [-0.2, 0) is 16.0 Å². The van der Waals surface area contributed by atoms with E-state index in [1.807, 2.05) is 18.2 Å². The predicted molar refractivity (Wildman–Crippen MR) is 117 cm³/mol. The van der Waals surface area contributed by atoms with Crippen molar-refractivity contribution < 1.29 is 28.4 Å². The van der Waals surface area contributed by atoms with Crippen molar-refractivity contribution in [1.82, 2.24) is 4.98 Å². The van der Waals surface area contributed by atoms with Gasteiger partial charge in [-0.15, -0.1) is 23.1 Å². The van der Waals surface area contributed by atoms with Crippen molar-refractivity contribution in [2.45, 2.75) is 19.6 Å². The molecule has 0 spiro atoms. The highest BCUT2D eigenvalue weighted by Gasteiger charge is 2.24. The van der Waals surface area contributed by atoms with Crippen molar-refractivity contribution in [3.8, 4) is 11.5 Å². The maximum atomic E-state index is 11.5. The van der Waals surface area contributed by atoms with Crippen LogP contribution in [0.15, 0.2) is 47.5 Å². The Labute approximate surface area is 180 Å². The van der Waals surface area contributed by atoms with Crippen LogP contribution in [0.25, 0.3) is 10.2 Å². The van der Waals surface area contributed by atoms with E-state index in [9.17, 15) is 9.36 Å². The first-order chi connectivity index (χ1) is 14.3. The van der Waals surface area contributed by atoms with Crippen LogP contribution in [0.1, 0.15) is 17.5 Å². The molecule has 1 atom stereocenters. The van der Waals surface area contributed by atoms with Crippen molar-refractivity contribution in [3.05, 3.63) is 53.0 Å². The number of aliphatic imine (C=N–C) groups is 1. The topological polar surface area (TPSA) is 118 Å². The number of aromatic nitrogens is 1. The summed E-state index contributed by atoms with van der Waals surface area (Å²) < 4.78 is 22.2. The summed E-state index contributed by atoms with van der Waals surface area (Å²) in [5.74, 6) is 1.49. The number of phosphoric acid groups is 1. The van der Waals surface area contributed by atoms with Crippen LogP contribution >= 0.6 is 30.9 Å². The molecule has 0 fully saturated rings. The number of hydrogen-bond donors (Lipinski definition) is 2. The van der Waals surface area contributed by atoms with E-state index in [1.165, 1.54) is 23.5 Å². The fraction of sp³-hybridized carbons (Fsp3) is 0.211. The highest BCUT2D eigenvalue weighted by molar-refractivity contribution is 8.15. The Morgan fingerprint density at radius 2 is 1.93 bits per heavy atom. The van der Waals surface area contributed by atoms with E-state index in [2.05, 4.69) is 14.5 Å². The van der Waals surface area contributed by atoms with Gasteiger partial charge in [0.2, 0.25) is 0 Å². The predicted octanol–water partition coefficient (Wildman–Crippen LogP) is 3.80. The van der Waals surface area contributed by atoms with Crippen LogP contribution in [0, 0.1) is 0 Å². The SMILES string of the molecule is CC(=O)C1CSC(c2nc3ccc(OCc4ccc(OP(=O)(O)O)cc4)cc3s2)=N1. The summed E-state index contributed by atoms with van der Waals surface area (Å²) in [4.78, 5) is 38.2. The largest absolute Gasteiger partial charge is 0.524 e. The molecule has 0 saturated heterocycles. The molecule has 1 aliphatic heterocycles. The van der Waals surface area contributed by atoms with Crippen molar-refractivity contribution in [3.63, 3.8) is 0 Å². The van der Waals surface area contributed by atoms with Crippen LogP contribution in [0.4, 0.5) is 0 Å². The van der Waals surface area contributed by atoms with Crippen LogP contribution in [0.5, 0.6) is 11.5 Å². The molecule has 0 radical (unpaired) electrons. The first-order valence-electron chi connectivity index (χ1n) is 8.86. The maximum absolute atomic E-state index is 11.5. The molecule has 0 bridgehead atoms. The second-order valence-electron chi connectivity index (χ2n) is 6.53. The Balaban J connectivity index is 1.43. The minimum atomic E-state index is -4.57. The number of carbonyl (C=O) groups is 1. The number of nitrogens with zero attached hydrogens (tertiary/aromatic N) is 2. The van der Waals surface area contributed by atoms with E-state index in [-0.39, 0.29) is 24.2 Å². The number of fused-ring (bicyclic) bond motifs is 1. The lowest BCUT2D eigenvalue weighted by molar-refractivity contribution is -0.117. The fourth-order valence-corrected chi connectivity index (χ4v) is 5.32. The van der Waals surface area contributed by atoms with E-state index in [1.54, 1.807) is 30.8 Å². The summed E-state index contributed by atoms with van der Waals surface area (Å²) >= 11 is 3.06. The van der Waals surface area contributed by atoms with E-state index in [0.29, 0.717) is 11.5 Å². The lowest BCUT2D eigenvalue weighted by Crippen LogP contribution is -2.14. The molecule has 0 amide bonds. The van der Waals surface area contributed by atoms with Crippen LogP contribution < -0.4 is 9.26 Å². The molecular weight excluding hydrogens is 447 g/mol. The zero-order valence-corrected chi connectivity index (χ0v) is 18.2. The molecule has 0 saturated carbocycles. The third-order valence-electron chi connectivity index (χ3n) is 4.22. The van der Waals surface area contributed by atoms with Crippen LogP contribution in [-0.4, -0.2) is 37.4 Å². The number of ether oxygens (including phenoxy) is 1. The molecule has 1 unspecified atom stereocenters. The van der Waals surface area contributed by atoms with Gasteiger partial charge in [-0.2, -0.15) is 0 Å². The number of thiazole rings is 1. The van der Waals surface area contributed by atoms with Crippen LogP contribution in [0.2, 0.25) is 0 Å². The smallest absolute Gasteiger partial charge is 0.489 e. The van der Waals surface area contributed by atoms with E-state index >= 15 is 0 Å². The van der Waals surface area contributed by atoms with Gasteiger partial charge in [-0.05, 0) is 42.8 Å². The van der Waals surface area contributed by atoms with Gasteiger partial charge in [0.15, 0.2) is 5.78 Å². The monoisotopic (exact) mass is 464 g/mol. The van der Waals surface area contributed by atoms with Gasteiger partial charge in [-0.3, -0.25) is 19.6 Å². The van der Waals surface area contributed by atoms with Gasteiger partial charge in [-0.1, -0.05) is 12.1 Å². The number of hydrogen-bond acceptors (Lipinski definition) is 8. The summed E-state index contributed by atoms with van der Waals surface area (Å²) in [6.45, 7) is 1.84. The summed E-state index contributed by atoms with van der Waals surface area (Å²) in [5.41, 5.74) is 1.67. The quantitative estimate of drug-likeness (QED) is 0.507. The number of phosphoric ester groups is 1. The molecule has 3 aromatic rings. The molecule has 1 aromatic heterocycles. The first-order valence-corrected chi connectivity index (χ1v) is 12.2. The highest BCUT2D eigenvalue weighted by atomic mass is 32.2. The van der Waals surface area contributed by atoms with Gasteiger partial charge in [0.1, 0.15) is 34.2 Å². The number of carbonyl (C=O) groups excluding carboxylic acids is 1. The second-order valence-corrected chi connectivity index (χ2v) is 9.74. The van der Waals surface area contributed by atoms with E-state index in [0.717, 1.165) is 25.8 Å². The third kappa shape index (κ3) is 5.08. The van der Waals surface area contributed by atoms with E-state index in [4.69, 9.17) is 14.5 Å². The minimum absolute atomic E-state index is 0.0654. The standard InChI is InChI=1S/C19H17N2O6PS2/c1-11(22)16-10-29-18(21-16)19-20-15-7-6-14(8-17(15)30-19)26-9-12-2-4-13(5-3-12)27-28(23,24)25/h2-8,16H,9-10H2,1H3,(H2,23,24,25). The summed E-state index contributed by atoms with van der Waals surface area (Å²) in [6, 6.07) is 11.6. The molecular formula is C19H17N2O6PS2. The van der Waals surface area contributed by atoms with Crippen molar-refractivity contribution in [2.24, 2.45) is 4.99 Å². The van der Waals surface area contributed by atoms with Gasteiger partial charge < -0.3 is 9.26 Å². The zero-order valence-electron chi connectivity index (χ0n) is 15.7. The molecule has 0 aliphatic carbocycles. The maximum Gasteiger partial charge on any atom is 0.524 e. The van der Waals surface area contributed by atoms with Crippen molar-refractivity contribution in [2.75, 3.05) is 5.75 Å². The lowest BCUT2D eigenvalue weighted by atomic mass is 10.2. The van der Waals surface area contributed by atoms with Crippen molar-refractivity contribution in [1.29, 1.82) is 0 Å². The molecule has 1 aliphatic rings. The molecule has 8 nitrogen and oxygen atoms in total. The van der Waals surface area contributed by atoms with Gasteiger partial charge in [-0.25, -0.2) is 9.55 Å². The number of benzene rings is 2. The van der Waals surface area contributed by atoms with Gasteiger partial charge >= 0.3 is 7.82 Å². The molecule has 2 heterocycles. The summed E-state index contributed by atoms with van der Waals surface area (Å²) in [5, 5.41) is 1.60. The first kappa shape index (κ1) is 21.0. The number of rotatable bonds is 7. The Hall–Kier alpha value is -2.23. The number of thioether (sulfide) groups is 1. The molecule has 2 N–H and O–H groups in total. The van der Waals surface area contributed by atoms with E-state index < -0.39 is 7.82 Å². The normalized spacial score (nSPS) is 16.5. The van der Waals surface area contributed by atoms with Gasteiger partial charge in [0.25, 0.3) is 0 Å². The third-order valence-corrected chi connectivity index (χ3v) is 6.87. The summed E-state index contributed by atoms with van der Waals surface area (Å²) in [6.07, 6.45) is 0. The Morgan fingerprint density at radius 1 is 1.20 bits per heavy atom.